The molecule has 108 valence electrons. The fourth-order valence-corrected chi connectivity index (χ4v) is 2.75. The number of fused-ring (bicyclic) bond motifs is 1. The second-order valence-corrected chi connectivity index (χ2v) is 5.36. The number of nitrogens with two attached hydrogens (primary N) is 1. The van der Waals surface area contributed by atoms with Crippen molar-refractivity contribution in [3.8, 4) is 5.75 Å². The monoisotopic (exact) mass is 282 g/mol. The van der Waals surface area contributed by atoms with E-state index in [0.717, 1.165) is 17.7 Å². The summed E-state index contributed by atoms with van der Waals surface area (Å²) in [4.78, 5) is 14.2. The average molecular weight is 282 g/mol. The molecule has 4 heteroatoms. The number of rotatable bonds is 2. The Hall–Kier alpha value is -2.49. The van der Waals surface area contributed by atoms with Crippen molar-refractivity contribution in [1.82, 2.24) is 4.90 Å². The molecule has 0 radical (unpaired) electrons. The van der Waals surface area contributed by atoms with Gasteiger partial charge >= 0.3 is 0 Å². The van der Waals surface area contributed by atoms with Crippen molar-refractivity contribution >= 4 is 11.6 Å². The van der Waals surface area contributed by atoms with Crippen LogP contribution in [-0.2, 0) is 24.2 Å². The molecule has 3 rings (SSSR count). The second-order valence-electron chi connectivity index (χ2n) is 5.36. The van der Waals surface area contributed by atoms with E-state index in [1.807, 2.05) is 23.1 Å². The van der Waals surface area contributed by atoms with Crippen LogP contribution in [0.3, 0.4) is 0 Å². The SMILES string of the molecule is Nc1cccc2c1CN(C(=O)Cc1ccccc1O)CC2. The highest BCUT2D eigenvalue weighted by molar-refractivity contribution is 5.80. The van der Waals surface area contributed by atoms with Crippen molar-refractivity contribution in [3.05, 3.63) is 59.2 Å². The normalized spacial score (nSPS) is 13.8. The minimum atomic E-state index is 0.0189. The summed E-state index contributed by atoms with van der Waals surface area (Å²) in [6, 6.07) is 12.8. The van der Waals surface area contributed by atoms with Crippen LogP contribution in [0.4, 0.5) is 5.69 Å². The summed E-state index contributed by atoms with van der Waals surface area (Å²) in [6.07, 6.45) is 1.04. The first kappa shape index (κ1) is 13.5. The summed E-state index contributed by atoms with van der Waals surface area (Å²) in [5.74, 6) is 0.188. The third-order valence-electron chi connectivity index (χ3n) is 4.00. The molecule has 0 atom stereocenters. The highest BCUT2D eigenvalue weighted by Crippen LogP contribution is 2.25. The molecular weight excluding hydrogens is 264 g/mol. The van der Waals surface area contributed by atoms with E-state index in [0.29, 0.717) is 18.7 Å². The van der Waals surface area contributed by atoms with E-state index in [9.17, 15) is 9.90 Å². The quantitative estimate of drug-likeness (QED) is 0.829. The molecule has 0 fully saturated rings. The summed E-state index contributed by atoms with van der Waals surface area (Å²) in [5.41, 5.74) is 9.68. The van der Waals surface area contributed by atoms with Gasteiger partial charge in [0.2, 0.25) is 5.91 Å². The zero-order valence-corrected chi connectivity index (χ0v) is 11.7. The van der Waals surface area contributed by atoms with E-state index in [1.54, 1.807) is 18.2 Å². The van der Waals surface area contributed by atoms with Crippen LogP contribution in [0.25, 0.3) is 0 Å². The van der Waals surface area contributed by atoms with Gasteiger partial charge in [0.05, 0.1) is 6.42 Å². The van der Waals surface area contributed by atoms with Crippen molar-refractivity contribution in [1.29, 1.82) is 0 Å². The molecule has 0 aliphatic carbocycles. The van der Waals surface area contributed by atoms with E-state index >= 15 is 0 Å². The van der Waals surface area contributed by atoms with Gasteiger partial charge in [-0.2, -0.15) is 0 Å². The van der Waals surface area contributed by atoms with E-state index < -0.39 is 0 Å². The first-order chi connectivity index (χ1) is 10.1. The summed E-state index contributed by atoms with van der Waals surface area (Å²) in [6.45, 7) is 1.25. The summed E-state index contributed by atoms with van der Waals surface area (Å²) in [5, 5.41) is 9.77. The number of nitrogen functional groups attached to an aromatic ring is 1. The molecule has 0 spiro atoms. The molecule has 1 aliphatic rings. The molecule has 0 bridgehead atoms. The predicted octanol–water partition coefficient (Wildman–Crippen LogP) is 2.10. The van der Waals surface area contributed by atoms with Crippen LogP contribution in [0.15, 0.2) is 42.5 Å². The average Bonchev–Trinajstić information content (AvgIpc) is 2.50. The van der Waals surface area contributed by atoms with Crippen molar-refractivity contribution in [2.75, 3.05) is 12.3 Å². The predicted molar refractivity (Wildman–Crippen MR) is 81.8 cm³/mol. The number of carbonyl (C=O) groups is 1. The lowest BCUT2D eigenvalue weighted by molar-refractivity contribution is -0.131. The first-order valence-corrected chi connectivity index (χ1v) is 7.06. The molecule has 1 aliphatic heterocycles. The first-order valence-electron chi connectivity index (χ1n) is 7.06. The lowest BCUT2D eigenvalue weighted by Crippen LogP contribution is -2.37. The number of nitrogens with zero attached hydrogens (tertiary/aromatic N) is 1. The Morgan fingerprint density at radius 1 is 1.19 bits per heavy atom. The lowest BCUT2D eigenvalue weighted by atomic mass is 9.97. The Labute approximate surface area is 123 Å². The van der Waals surface area contributed by atoms with E-state index in [-0.39, 0.29) is 18.1 Å². The van der Waals surface area contributed by atoms with Crippen molar-refractivity contribution in [2.24, 2.45) is 0 Å². The van der Waals surface area contributed by atoms with Gasteiger partial charge in [-0.3, -0.25) is 4.79 Å². The third-order valence-corrected chi connectivity index (χ3v) is 4.00. The maximum atomic E-state index is 12.4. The van der Waals surface area contributed by atoms with Gasteiger partial charge in [-0.05, 0) is 29.7 Å². The molecule has 0 saturated heterocycles. The Balaban J connectivity index is 1.76. The number of carbonyl (C=O) groups excluding carboxylic acids is 1. The Bertz CT molecular complexity index is 682. The Morgan fingerprint density at radius 2 is 2.00 bits per heavy atom. The van der Waals surface area contributed by atoms with Crippen LogP contribution < -0.4 is 5.73 Å². The number of benzene rings is 2. The minimum Gasteiger partial charge on any atom is -0.508 e. The fraction of sp³-hybridized carbons (Fsp3) is 0.235. The number of phenols is 1. The molecule has 0 aromatic heterocycles. The molecule has 2 aromatic carbocycles. The van der Waals surface area contributed by atoms with Crippen molar-refractivity contribution in [2.45, 2.75) is 19.4 Å². The van der Waals surface area contributed by atoms with Crippen LogP contribution in [-0.4, -0.2) is 22.5 Å². The number of hydrogen-bond donors (Lipinski definition) is 2. The van der Waals surface area contributed by atoms with Crippen LogP contribution in [0.5, 0.6) is 5.75 Å². The zero-order valence-electron chi connectivity index (χ0n) is 11.7. The summed E-state index contributed by atoms with van der Waals surface area (Å²) in [7, 11) is 0. The van der Waals surface area contributed by atoms with Crippen LogP contribution in [0.2, 0.25) is 0 Å². The Kier molecular flexibility index (Phi) is 3.52. The maximum absolute atomic E-state index is 12.4. The van der Waals surface area contributed by atoms with Gasteiger partial charge in [-0.25, -0.2) is 0 Å². The molecule has 21 heavy (non-hydrogen) atoms. The smallest absolute Gasteiger partial charge is 0.227 e. The van der Waals surface area contributed by atoms with Gasteiger partial charge < -0.3 is 15.7 Å². The van der Waals surface area contributed by atoms with Crippen molar-refractivity contribution < 1.29 is 9.90 Å². The van der Waals surface area contributed by atoms with Crippen LogP contribution in [0.1, 0.15) is 16.7 Å². The number of amides is 1. The summed E-state index contributed by atoms with van der Waals surface area (Å²) >= 11 is 0. The standard InChI is InChI=1S/C17H18N2O2/c18-15-6-3-5-12-8-9-19(11-14(12)15)17(21)10-13-4-1-2-7-16(13)20/h1-7,20H,8-11,18H2. The van der Waals surface area contributed by atoms with Gasteiger partial charge in [0.1, 0.15) is 5.75 Å². The second kappa shape index (κ2) is 5.48. The van der Waals surface area contributed by atoms with Gasteiger partial charge in [-0.15, -0.1) is 0 Å². The fourth-order valence-electron chi connectivity index (χ4n) is 2.75. The van der Waals surface area contributed by atoms with Gasteiger partial charge in [0, 0.05) is 24.3 Å². The topological polar surface area (TPSA) is 66.6 Å². The molecule has 0 unspecified atom stereocenters. The summed E-state index contributed by atoms with van der Waals surface area (Å²) < 4.78 is 0. The molecule has 1 heterocycles. The van der Waals surface area contributed by atoms with Crippen LogP contribution in [0, 0.1) is 0 Å². The van der Waals surface area contributed by atoms with Gasteiger partial charge in [0.15, 0.2) is 0 Å². The number of hydrogen-bond acceptors (Lipinski definition) is 3. The molecule has 3 N–H and O–H groups in total. The molecule has 2 aromatic rings. The van der Waals surface area contributed by atoms with E-state index in [2.05, 4.69) is 6.07 Å². The molecule has 0 saturated carbocycles. The van der Waals surface area contributed by atoms with Crippen LogP contribution >= 0.6 is 0 Å². The maximum Gasteiger partial charge on any atom is 0.227 e. The molecule has 1 amide bonds. The number of aromatic hydroxyl groups is 1. The molecular formula is C17H18N2O2. The number of para-hydroxylation sites is 1. The Morgan fingerprint density at radius 3 is 2.81 bits per heavy atom. The lowest BCUT2D eigenvalue weighted by Gasteiger charge is -2.30. The largest absolute Gasteiger partial charge is 0.508 e. The van der Waals surface area contributed by atoms with Gasteiger partial charge in [-0.1, -0.05) is 30.3 Å². The highest BCUT2D eigenvalue weighted by Gasteiger charge is 2.22. The molecule has 4 nitrogen and oxygen atoms in total. The third kappa shape index (κ3) is 2.70. The van der Waals surface area contributed by atoms with Gasteiger partial charge in [0.25, 0.3) is 0 Å². The van der Waals surface area contributed by atoms with E-state index in [1.165, 1.54) is 5.56 Å². The van der Waals surface area contributed by atoms with Crippen molar-refractivity contribution in [3.63, 3.8) is 0 Å². The highest BCUT2D eigenvalue weighted by atomic mass is 16.3. The van der Waals surface area contributed by atoms with E-state index in [4.69, 9.17) is 5.73 Å². The zero-order chi connectivity index (χ0) is 14.8. The minimum absolute atomic E-state index is 0.0189. The number of anilines is 1. The number of phenolic OH excluding ortho intramolecular Hbond substituents is 1.